The number of fused-ring (bicyclic) bond motifs is 7. The van der Waals surface area contributed by atoms with E-state index >= 15 is 0 Å². The van der Waals surface area contributed by atoms with Crippen LogP contribution in [0, 0.1) is 0 Å². The minimum Gasteiger partial charge on any atom is -0.310 e. The average molecular weight is 774 g/mol. The van der Waals surface area contributed by atoms with Gasteiger partial charge in [0.2, 0.25) is 0 Å². The van der Waals surface area contributed by atoms with Crippen molar-refractivity contribution in [3.63, 3.8) is 0 Å². The van der Waals surface area contributed by atoms with Crippen LogP contribution < -0.4 is 4.90 Å². The molecular formula is C59H51N. The van der Waals surface area contributed by atoms with Crippen molar-refractivity contribution in [1.82, 2.24) is 0 Å². The number of hydrogen-bond acceptors (Lipinski definition) is 1. The van der Waals surface area contributed by atoms with Crippen LogP contribution in [0.4, 0.5) is 17.1 Å². The summed E-state index contributed by atoms with van der Waals surface area (Å²) in [5.74, 6) is 0.359. The van der Waals surface area contributed by atoms with Gasteiger partial charge in [0.15, 0.2) is 0 Å². The second-order valence-electron chi connectivity index (χ2n) is 18.1. The fourth-order valence-corrected chi connectivity index (χ4v) is 11.2. The molecule has 60 heavy (non-hydrogen) atoms. The van der Waals surface area contributed by atoms with Crippen molar-refractivity contribution in [3.8, 4) is 33.4 Å². The first-order valence-corrected chi connectivity index (χ1v) is 22.0. The van der Waals surface area contributed by atoms with Crippen molar-refractivity contribution in [2.45, 2.75) is 70.1 Å². The molecule has 0 aromatic heterocycles. The Kier molecular flexibility index (Phi) is 8.60. The van der Waals surface area contributed by atoms with Gasteiger partial charge < -0.3 is 4.90 Å². The van der Waals surface area contributed by atoms with E-state index in [4.69, 9.17) is 0 Å². The molecule has 0 bridgehead atoms. The van der Waals surface area contributed by atoms with Gasteiger partial charge in [-0.2, -0.15) is 0 Å². The van der Waals surface area contributed by atoms with Gasteiger partial charge in [0.05, 0.1) is 11.1 Å². The Morgan fingerprint density at radius 1 is 0.417 bits per heavy atom. The topological polar surface area (TPSA) is 3.24 Å². The number of rotatable bonds is 7. The monoisotopic (exact) mass is 773 g/mol. The molecule has 0 aliphatic heterocycles. The van der Waals surface area contributed by atoms with Gasteiger partial charge in [-0.1, -0.05) is 173 Å². The van der Waals surface area contributed by atoms with Crippen LogP contribution in [0.1, 0.15) is 96.5 Å². The van der Waals surface area contributed by atoms with Crippen molar-refractivity contribution < 1.29 is 0 Å². The predicted octanol–water partition coefficient (Wildman–Crippen LogP) is 15.5. The third kappa shape index (κ3) is 5.45. The molecule has 3 aliphatic carbocycles. The molecule has 0 heterocycles. The Morgan fingerprint density at radius 3 is 1.62 bits per heavy atom. The maximum atomic E-state index is 2.59. The van der Waals surface area contributed by atoms with Crippen LogP contribution in [0.2, 0.25) is 0 Å². The average Bonchev–Trinajstić information content (AvgIpc) is 3.71. The van der Waals surface area contributed by atoms with Gasteiger partial charge in [0, 0.05) is 22.4 Å². The molecule has 0 amide bonds. The molecule has 0 fully saturated rings. The Morgan fingerprint density at radius 2 is 0.967 bits per heavy atom. The summed E-state index contributed by atoms with van der Waals surface area (Å²) < 4.78 is 0. The Labute approximate surface area is 356 Å². The molecule has 0 radical (unpaired) electrons. The second-order valence-corrected chi connectivity index (χ2v) is 18.1. The number of benzene rings is 8. The number of para-hydroxylation sites is 1. The molecule has 8 aromatic carbocycles. The van der Waals surface area contributed by atoms with Crippen molar-refractivity contribution in [1.29, 1.82) is 0 Å². The lowest BCUT2D eigenvalue weighted by atomic mass is 9.67. The zero-order chi connectivity index (χ0) is 40.6. The van der Waals surface area contributed by atoms with Gasteiger partial charge in [0.25, 0.3) is 0 Å². The van der Waals surface area contributed by atoms with Crippen LogP contribution in [-0.4, -0.2) is 0 Å². The third-order valence-electron chi connectivity index (χ3n) is 14.1. The molecule has 0 unspecified atom stereocenters. The highest BCUT2D eigenvalue weighted by molar-refractivity contribution is 5.98. The first-order valence-electron chi connectivity index (χ1n) is 22.0. The van der Waals surface area contributed by atoms with Crippen LogP contribution in [0.5, 0.6) is 0 Å². The normalized spacial score (nSPS) is 15.2. The summed E-state index contributed by atoms with van der Waals surface area (Å²) in [4.78, 5) is 2.57. The molecule has 8 aromatic rings. The van der Waals surface area contributed by atoms with Crippen LogP contribution >= 0.6 is 0 Å². The maximum absolute atomic E-state index is 2.59. The third-order valence-corrected chi connectivity index (χ3v) is 14.1. The predicted molar refractivity (Wildman–Crippen MR) is 252 cm³/mol. The molecule has 292 valence electrons. The molecular weight excluding hydrogens is 723 g/mol. The Balaban J connectivity index is 1.27. The molecule has 3 aliphatic rings. The van der Waals surface area contributed by atoms with Crippen LogP contribution in [0.15, 0.2) is 182 Å². The molecule has 0 saturated carbocycles. The van der Waals surface area contributed by atoms with Gasteiger partial charge in [-0.25, -0.2) is 0 Å². The van der Waals surface area contributed by atoms with E-state index in [-0.39, 0.29) is 5.41 Å². The molecule has 1 nitrogen and oxygen atoms in total. The maximum Gasteiger partial charge on any atom is 0.0714 e. The Bertz CT molecular complexity index is 2880. The second kappa shape index (κ2) is 14.1. The molecule has 0 atom stereocenters. The summed E-state index contributed by atoms with van der Waals surface area (Å²) in [7, 11) is 0. The Hall–Kier alpha value is -6.44. The highest BCUT2D eigenvalue weighted by Crippen LogP contribution is 2.60. The lowest BCUT2D eigenvalue weighted by Gasteiger charge is -2.36. The quantitative estimate of drug-likeness (QED) is 0.156. The van der Waals surface area contributed by atoms with E-state index in [9.17, 15) is 0 Å². The molecule has 0 saturated heterocycles. The zero-order valence-corrected chi connectivity index (χ0v) is 35.2. The fourth-order valence-electron chi connectivity index (χ4n) is 11.2. The van der Waals surface area contributed by atoms with E-state index in [1.54, 1.807) is 0 Å². The van der Waals surface area contributed by atoms with Crippen LogP contribution in [0.3, 0.4) is 0 Å². The molecule has 1 heteroatoms. The first kappa shape index (κ1) is 36.6. The fraction of sp³-hybridized carbons (Fsp3) is 0.186. The van der Waals surface area contributed by atoms with Crippen molar-refractivity contribution in [2.75, 3.05) is 4.90 Å². The van der Waals surface area contributed by atoms with E-state index in [1.165, 1.54) is 114 Å². The standard InChI is InChI=1S/C59H51N/c1-39(2)49-34-40-20-14-15-21-41(40)35-50(49)52-37-51-47-29-17-19-31-54(47)59(42-22-8-5-9-23-42,43-24-10-6-11-25-43)56(51)38-57(52)60(44-26-12-7-13-27-44)45-32-33-48-46-28-16-18-30-53(46)58(3,4)55(48)36-45/h5-13,16-19,22-39H,14-15,20-21H2,1-4H3. The van der Waals surface area contributed by atoms with Gasteiger partial charge in [0.1, 0.15) is 0 Å². The molecule has 0 spiro atoms. The van der Waals surface area contributed by atoms with E-state index < -0.39 is 5.41 Å². The number of nitrogens with zero attached hydrogens (tertiary/aromatic N) is 1. The number of aryl methyl sites for hydroxylation is 2. The molecule has 11 rings (SSSR count). The number of anilines is 3. The minimum absolute atomic E-state index is 0.133. The lowest BCUT2D eigenvalue weighted by molar-refractivity contribution is 0.660. The van der Waals surface area contributed by atoms with Crippen LogP contribution in [-0.2, 0) is 23.7 Å². The summed E-state index contributed by atoms with van der Waals surface area (Å²) in [5.41, 5.74) is 23.2. The molecule has 0 N–H and O–H groups in total. The smallest absolute Gasteiger partial charge is 0.0714 e. The minimum atomic E-state index is -0.525. The van der Waals surface area contributed by atoms with E-state index in [0.29, 0.717) is 5.92 Å². The van der Waals surface area contributed by atoms with Crippen molar-refractivity contribution >= 4 is 17.1 Å². The van der Waals surface area contributed by atoms with Crippen LogP contribution in [0.25, 0.3) is 33.4 Å². The van der Waals surface area contributed by atoms with Gasteiger partial charge in [-0.15, -0.1) is 0 Å². The first-order chi connectivity index (χ1) is 29.4. The summed E-state index contributed by atoms with van der Waals surface area (Å²) in [5, 5.41) is 0. The number of hydrogen-bond donors (Lipinski definition) is 0. The zero-order valence-electron chi connectivity index (χ0n) is 35.2. The van der Waals surface area contributed by atoms with Gasteiger partial charge >= 0.3 is 0 Å². The summed E-state index contributed by atoms with van der Waals surface area (Å²) in [6, 6.07) is 69.3. The summed E-state index contributed by atoms with van der Waals surface area (Å²) in [6.07, 6.45) is 4.82. The summed E-state index contributed by atoms with van der Waals surface area (Å²) >= 11 is 0. The highest BCUT2D eigenvalue weighted by atomic mass is 15.1. The SMILES string of the molecule is CC(C)c1cc2c(cc1-c1cc3c(cc1N(c1ccccc1)c1ccc4c(c1)C(C)(C)c1ccccc1-4)C(c1ccccc1)(c1ccccc1)c1ccccc1-3)CCCC2. The lowest BCUT2D eigenvalue weighted by Crippen LogP contribution is -2.28. The van der Waals surface area contributed by atoms with E-state index in [2.05, 4.69) is 215 Å². The van der Waals surface area contributed by atoms with E-state index in [0.717, 1.165) is 12.1 Å². The van der Waals surface area contributed by atoms with Crippen molar-refractivity contribution in [2.24, 2.45) is 0 Å². The highest BCUT2D eigenvalue weighted by Gasteiger charge is 2.47. The van der Waals surface area contributed by atoms with Crippen molar-refractivity contribution in [3.05, 3.63) is 232 Å². The van der Waals surface area contributed by atoms with E-state index in [1.807, 2.05) is 0 Å². The van der Waals surface area contributed by atoms with Gasteiger partial charge in [-0.3, -0.25) is 0 Å². The largest absolute Gasteiger partial charge is 0.310 e. The van der Waals surface area contributed by atoms with Gasteiger partial charge in [-0.05, 0) is 146 Å². The summed E-state index contributed by atoms with van der Waals surface area (Å²) in [6.45, 7) is 9.54.